The number of nitrogens with zero attached hydrogens (tertiary/aromatic N) is 1. The van der Waals surface area contributed by atoms with Gasteiger partial charge in [-0.1, -0.05) is 0 Å². The summed E-state index contributed by atoms with van der Waals surface area (Å²) < 4.78 is 0. The van der Waals surface area contributed by atoms with Crippen molar-refractivity contribution in [2.75, 3.05) is 7.05 Å². The Labute approximate surface area is 95.8 Å². The predicted molar refractivity (Wildman–Crippen MR) is 59.7 cm³/mol. The van der Waals surface area contributed by atoms with Crippen LogP contribution in [-0.2, 0) is 9.59 Å². The number of carbonyl (C=O) groups is 2. The molecular formula is C11H20N2O3. The van der Waals surface area contributed by atoms with E-state index in [1.54, 1.807) is 20.9 Å². The summed E-state index contributed by atoms with van der Waals surface area (Å²) in [5, 5.41) is 12.5. The third kappa shape index (κ3) is 2.35. The fourth-order valence-electron chi connectivity index (χ4n) is 2.37. The van der Waals surface area contributed by atoms with Crippen molar-refractivity contribution in [2.45, 2.75) is 51.3 Å². The van der Waals surface area contributed by atoms with E-state index in [1.165, 1.54) is 11.8 Å². The Kier molecular flexibility index (Phi) is 3.57. The predicted octanol–water partition coefficient (Wildman–Crippen LogP) is -0.117. The van der Waals surface area contributed by atoms with Gasteiger partial charge in [-0.2, -0.15) is 0 Å². The third-order valence-corrected chi connectivity index (χ3v) is 3.11. The molecule has 1 heterocycles. The Morgan fingerprint density at radius 1 is 1.38 bits per heavy atom. The largest absolute Gasteiger partial charge is 0.388 e. The van der Waals surface area contributed by atoms with E-state index >= 15 is 0 Å². The fraction of sp³-hybridized carbons (Fsp3) is 0.818. The molecule has 1 saturated heterocycles. The molecule has 0 spiro atoms. The van der Waals surface area contributed by atoms with Crippen LogP contribution in [0.4, 0.5) is 0 Å². The van der Waals surface area contributed by atoms with E-state index in [4.69, 9.17) is 0 Å². The van der Waals surface area contributed by atoms with Crippen LogP contribution in [0.5, 0.6) is 0 Å². The van der Waals surface area contributed by atoms with Gasteiger partial charge < -0.3 is 15.3 Å². The first kappa shape index (κ1) is 13.0. The van der Waals surface area contributed by atoms with Gasteiger partial charge in [-0.25, -0.2) is 0 Å². The number of likely N-dealkylation sites (tertiary alicyclic amines) is 1. The minimum atomic E-state index is -0.978. The van der Waals surface area contributed by atoms with Crippen molar-refractivity contribution in [3.05, 3.63) is 0 Å². The highest BCUT2D eigenvalue weighted by molar-refractivity contribution is 5.87. The lowest BCUT2D eigenvalue weighted by molar-refractivity contribution is -0.142. The number of rotatable bonds is 2. The van der Waals surface area contributed by atoms with E-state index in [9.17, 15) is 14.7 Å². The third-order valence-electron chi connectivity index (χ3n) is 3.11. The molecule has 5 nitrogen and oxygen atoms in total. The first-order valence-electron chi connectivity index (χ1n) is 5.52. The highest BCUT2D eigenvalue weighted by atomic mass is 16.3. The highest BCUT2D eigenvalue weighted by Gasteiger charge is 2.45. The lowest BCUT2D eigenvalue weighted by Gasteiger charge is -2.35. The Balaban J connectivity index is 2.94. The summed E-state index contributed by atoms with van der Waals surface area (Å²) in [6, 6.07) is -0.730. The van der Waals surface area contributed by atoms with E-state index in [1.807, 2.05) is 0 Å². The minimum Gasteiger partial charge on any atom is -0.388 e. The summed E-state index contributed by atoms with van der Waals surface area (Å²) >= 11 is 0. The zero-order valence-corrected chi connectivity index (χ0v) is 10.3. The lowest BCUT2D eigenvalue weighted by Crippen LogP contribution is -2.53. The van der Waals surface area contributed by atoms with E-state index in [-0.39, 0.29) is 17.9 Å². The summed E-state index contributed by atoms with van der Waals surface area (Å²) in [6.07, 6.45) is 1.26. The summed E-state index contributed by atoms with van der Waals surface area (Å²) in [7, 11) is 1.55. The molecule has 1 aliphatic rings. The number of hydrogen-bond acceptors (Lipinski definition) is 3. The molecule has 0 saturated carbocycles. The number of amides is 2. The van der Waals surface area contributed by atoms with Crippen molar-refractivity contribution in [3.8, 4) is 0 Å². The Morgan fingerprint density at radius 3 is 2.31 bits per heavy atom. The minimum absolute atomic E-state index is 0.165. The molecule has 5 heteroatoms. The van der Waals surface area contributed by atoms with Crippen LogP contribution in [0.1, 0.15) is 33.6 Å². The van der Waals surface area contributed by atoms with Gasteiger partial charge >= 0.3 is 0 Å². The molecule has 0 aromatic carbocycles. The summed E-state index contributed by atoms with van der Waals surface area (Å²) in [6.45, 7) is 4.76. The van der Waals surface area contributed by atoms with Crippen LogP contribution in [0.3, 0.4) is 0 Å². The smallest absolute Gasteiger partial charge is 0.242 e. The van der Waals surface area contributed by atoms with Crippen LogP contribution >= 0.6 is 0 Å². The van der Waals surface area contributed by atoms with Crippen LogP contribution in [0.15, 0.2) is 0 Å². The maximum Gasteiger partial charge on any atom is 0.242 e. The van der Waals surface area contributed by atoms with Crippen LogP contribution < -0.4 is 5.32 Å². The van der Waals surface area contributed by atoms with Gasteiger partial charge in [0.2, 0.25) is 11.8 Å². The molecule has 0 unspecified atom stereocenters. The molecule has 0 aromatic heterocycles. The SMILES string of the molecule is CNC(=O)[C@@H]1CC[C@H](C(C)(C)O)N1C(C)=O. The second-order valence-corrected chi connectivity index (χ2v) is 4.80. The summed E-state index contributed by atoms with van der Waals surface area (Å²) in [5.41, 5.74) is -0.978. The molecule has 1 aliphatic heterocycles. The molecule has 1 rings (SSSR count). The molecule has 1 fully saturated rings. The van der Waals surface area contributed by atoms with Gasteiger partial charge in [-0.15, -0.1) is 0 Å². The number of carbonyl (C=O) groups excluding carboxylic acids is 2. The summed E-state index contributed by atoms with van der Waals surface area (Å²) in [5.74, 6) is -0.333. The number of aliphatic hydroxyl groups is 1. The number of hydrogen-bond donors (Lipinski definition) is 2. The van der Waals surface area contributed by atoms with E-state index < -0.39 is 11.6 Å². The summed E-state index contributed by atoms with van der Waals surface area (Å²) in [4.78, 5) is 24.7. The standard InChI is InChI=1S/C11H20N2O3/c1-7(14)13-8(10(15)12-4)5-6-9(13)11(2,3)16/h8-9,16H,5-6H2,1-4H3,(H,12,15)/t8-,9+/m0/s1. The van der Waals surface area contributed by atoms with E-state index in [2.05, 4.69) is 5.32 Å². The van der Waals surface area contributed by atoms with Gasteiger partial charge in [0.05, 0.1) is 11.6 Å². The molecule has 0 aromatic rings. The van der Waals surface area contributed by atoms with Crippen molar-refractivity contribution in [3.63, 3.8) is 0 Å². The molecule has 16 heavy (non-hydrogen) atoms. The van der Waals surface area contributed by atoms with Gasteiger partial charge in [0.25, 0.3) is 0 Å². The van der Waals surface area contributed by atoms with Crippen molar-refractivity contribution in [1.29, 1.82) is 0 Å². The molecule has 2 atom stereocenters. The van der Waals surface area contributed by atoms with Crippen molar-refractivity contribution in [1.82, 2.24) is 10.2 Å². The molecule has 0 radical (unpaired) electrons. The zero-order chi connectivity index (χ0) is 12.5. The highest BCUT2D eigenvalue weighted by Crippen LogP contribution is 2.31. The van der Waals surface area contributed by atoms with Gasteiger partial charge in [-0.05, 0) is 26.7 Å². The maximum atomic E-state index is 11.6. The number of likely N-dealkylation sites (N-methyl/N-ethyl adjacent to an activating group) is 1. The van der Waals surface area contributed by atoms with Crippen LogP contribution in [0.25, 0.3) is 0 Å². The van der Waals surface area contributed by atoms with Crippen molar-refractivity contribution >= 4 is 11.8 Å². The topological polar surface area (TPSA) is 69.6 Å². The molecule has 2 amide bonds. The average molecular weight is 228 g/mol. The quantitative estimate of drug-likeness (QED) is 0.692. The first-order chi connectivity index (χ1) is 7.29. The Morgan fingerprint density at radius 2 is 1.94 bits per heavy atom. The Hall–Kier alpha value is -1.10. The van der Waals surface area contributed by atoms with Gasteiger partial charge in [-0.3, -0.25) is 9.59 Å². The van der Waals surface area contributed by atoms with Crippen molar-refractivity contribution in [2.24, 2.45) is 0 Å². The molecule has 2 N–H and O–H groups in total. The maximum absolute atomic E-state index is 11.6. The lowest BCUT2D eigenvalue weighted by atomic mass is 9.97. The van der Waals surface area contributed by atoms with Crippen LogP contribution in [-0.4, -0.2) is 46.6 Å². The van der Waals surface area contributed by atoms with Gasteiger partial charge in [0.1, 0.15) is 6.04 Å². The second-order valence-electron chi connectivity index (χ2n) is 4.80. The van der Waals surface area contributed by atoms with Gasteiger partial charge in [0.15, 0.2) is 0 Å². The van der Waals surface area contributed by atoms with E-state index in [0.29, 0.717) is 12.8 Å². The van der Waals surface area contributed by atoms with E-state index in [0.717, 1.165) is 0 Å². The molecular weight excluding hydrogens is 208 g/mol. The van der Waals surface area contributed by atoms with Gasteiger partial charge in [0, 0.05) is 14.0 Å². The average Bonchev–Trinajstić information content (AvgIpc) is 2.59. The first-order valence-corrected chi connectivity index (χ1v) is 5.52. The van der Waals surface area contributed by atoms with Crippen LogP contribution in [0.2, 0.25) is 0 Å². The molecule has 92 valence electrons. The number of nitrogens with one attached hydrogen (secondary N) is 1. The Bertz CT molecular complexity index is 296. The fourth-order valence-corrected chi connectivity index (χ4v) is 2.37. The second kappa shape index (κ2) is 4.41. The normalized spacial score (nSPS) is 25.7. The molecule has 0 aliphatic carbocycles. The van der Waals surface area contributed by atoms with Crippen molar-refractivity contribution < 1.29 is 14.7 Å². The molecule has 0 bridgehead atoms. The monoisotopic (exact) mass is 228 g/mol. The van der Waals surface area contributed by atoms with Crippen LogP contribution in [0, 0.1) is 0 Å². The zero-order valence-electron chi connectivity index (χ0n) is 10.3.